The largest absolute Gasteiger partial charge is 0.383 e. The number of rotatable bonds is 7. The van der Waals surface area contributed by atoms with E-state index in [0.717, 1.165) is 25.9 Å². The summed E-state index contributed by atoms with van der Waals surface area (Å²) in [6.45, 7) is 3.68. The lowest BCUT2D eigenvalue weighted by atomic mass is 9.98. The van der Waals surface area contributed by atoms with Gasteiger partial charge >= 0.3 is 0 Å². The van der Waals surface area contributed by atoms with E-state index in [1.165, 1.54) is 11.3 Å². The van der Waals surface area contributed by atoms with Crippen LogP contribution in [-0.2, 0) is 14.8 Å². The van der Waals surface area contributed by atoms with E-state index >= 15 is 0 Å². The molecule has 0 aliphatic carbocycles. The van der Waals surface area contributed by atoms with Crippen LogP contribution in [-0.4, -0.2) is 52.6 Å². The van der Waals surface area contributed by atoms with Crippen molar-refractivity contribution in [3.63, 3.8) is 0 Å². The van der Waals surface area contributed by atoms with E-state index in [1.54, 1.807) is 22.9 Å². The van der Waals surface area contributed by atoms with Gasteiger partial charge in [0.15, 0.2) is 0 Å². The van der Waals surface area contributed by atoms with E-state index in [4.69, 9.17) is 4.74 Å². The second-order valence-electron chi connectivity index (χ2n) is 5.10. The number of ether oxygens (including phenoxy) is 1. The molecule has 5 nitrogen and oxygen atoms in total. The first-order chi connectivity index (χ1) is 10.1. The van der Waals surface area contributed by atoms with E-state index in [1.807, 2.05) is 0 Å². The monoisotopic (exact) mass is 396 g/mol. The van der Waals surface area contributed by atoms with Crippen LogP contribution in [0, 0.1) is 5.92 Å². The topological polar surface area (TPSA) is 58.6 Å². The van der Waals surface area contributed by atoms with Crippen LogP contribution in [0.1, 0.15) is 12.8 Å². The Balaban J connectivity index is 1.85. The molecule has 0 spiro atoms. The Morgan fingerprint density at radius 3 is 2.76 bits per heavy atom. The lowest BCUT2D eigenvalue weighted by Gasteiger charge is -2.31. The highest BCUT2D eigenvalue weighted by molar-refractivity contribution is 9.10. The number of methoxy groups -OCH3 is 1. The zero-order chi connectivity index (χ0) is 15.3. The van der Waals surface area contributed by atoms with E-state index in [0.29, 0.717) is 34.3 Å². The molecular formula is C13H21BrN2O3S2. The molecular weight excluding hydrogens is 376 g/mol. The van der Waals surface area contributed by atoms with Crippen LogP contribution in [0.4, 0.5) is 0 Å². The molecule has 1 aliphatic rings. The van der Waals surface area contributed by atoms with Gasteiger partial charge in [0.1, 0.15) is 4.21 Å². The van der Waals surface area contributed by atoms with Crippen molar-refractivity contribution in [1.29, 1.82) is 0 Å². The Morgan fingerprint density at radius 2 is 2.19 bits per heavy atom. The van der Waals surface area contributed by atoms with Gasteiger partial charge in [-0.25, -0.2) is 8.42 Å². The van der Waals surface area contributed by atoms with Gasteiger partial charge in [0.05, 0.1) is 6.61 Å². The number of thiophene rings is 1. The van der Waals surface area contributed by atoms with E-state index < -0.39 is 10.0 Å². The number of piperidine rings is 1. The number of hydrogen-bond acceptors (Lipinski definition) is 5. The van der Waals surface area contributed by atoms with Crippen LogP contribution in [0.25, 0.3) is 0 Å². The normalized spacial score (nSPS) is 18.2. The molecule has 1 aromatic heterocycles. The van der Waals surface area contributed by atoms with Gasteiger partial charge in [-0.2, -0.15) is 4.31 Å². The molecule has 2 heterocycles. The lowest BCUT2D eigenvalue weighted by molar-refractivity contribution is 0.194. The smallest absolute Gasteiger partial charge is 0.253 e. The molecule has 0 atom stereocenters. The maximum absolute atomic E-state index is 12.5. The molecule has 1 fully saturated rings. The van der Waals surface area contributed by atoms with Crippen LogP contribution in [0.15, 0.2) is 20.1 Å². The summed E-state index contributed by atoms with van der Waals surface area (Å²) in [4.78, 5) is 0. The molecule has 120 valence electrons. The molecule has 1 aliphatic heterocycles. The first kappa shape index (κ1) is 17.4. The summed E-state index contributed by atoms with van der Waals surface area (Å²) in [7, 11) is -1.65. The zero-order valence-electron chi connectivity index (χ0n) is 12.0. The Kier molecular flexibility index (Phi) is 6.64. The number of hydrogen-bond donors (Lipinski definition) is 1. The molecule has 1 aromatic rings. The molecule has 1 N–H and O–H groups in total. The number of nitrogens with one attached hydrogen (secondary N) is 1. The highest BCUT2D eigenvalue weighted by Crippen LogP contribution is 2.32. The van der Waals surface area contributed by atoms with E-state index in [9.17, 15) is 8.42 Å². The van der Waals surface area contributed by atoms with Crippen LogP contribution in [0.2, 0.25) is 0 Å². The first-order valence-electron chi connectivity index (χ1n) is 6.98. The van der Waals surface area contributed by atoms with Crippen molar-refractivity contribution in [2.24, 2.45) is 5.92 Å². The fourth-order valence-electron chi connectivity index (χ4n) is 2.42. The predicted octanol–water partition coefficient (Wildman–Crippen LogP) is 2.15. The maximum Gasteiger partial charge on any atom is 0.253 e. The molecule has 0 aromatic carbocycles. The molecule has 0 saturated carbocycles. The Hall–Kier alpha value is 0.01000. The molecule has 0 bridgehead atoms. The number of sulfonamides is 1. The van der Waals surface area contributed by atoms with E-state index in [-0.39, 0.29) is 0 Å². The van der Waals surface area contributed by atoms with Crippen molar-refractivity contribution in [3.8, 4) is 0 Å². The van der Waals surface area contributed by atoms with Crippen molar-refractivity contribution < 1.29 is 13.2 Å². The number of nitrogens with zero attached hydrogens (tertiary/aromatic N) is 1. The van der Waals surface area contributed by atoms with Crippen molar-refractivity contribution in [1.82, 2.24) is 9.62 Å². The summed E-state index contributed by atoms with van der Waals surface area (Å²) in [5.74, 6) is 0.542. The minimum Gasteiger partial charge on any atom is -0.383 e. The second kappa shape index (κ2) is 8.03. The van der Waals surface area contributed by atoms with Crippen molar-refractivity contribution in [3.05, 3.63) is 15.9 Å². The minimum atomic E-state index is -3.34. The third-order valence-corrected chi connectivity index (χ3v) is 8.19. The van der Waals surface area contributed by atoms with Gasteiger partial charge in [0, 0.05) is 31.2 Å². The standard InChI is InChI=1S/C13H21BrN2O3S2/c1-19-8-5-15-10-11-2-6-16(7-3-11)21(17,18)13-12(14)4-9-20-13/h4,9,11,15H,2-3,5-8,10H2,1H3. The summed E-state index contributed by atoms with van der Waals surface area (Å²) in [5.41, 5.74) is 0. The average molecular weight is 397 g/mol. The summed E-state index contributed by atoms with van der Waals surface area (Å²) in [6, 6.07) is 1.78. The predicted molar refractivity (Wildman–Crippen MR) is 88.2 cm³/mol. The summed E-state index contributed by atoms with van der Waals surface area (Å²) >= 11 is 4.58. The Morgan fingerprint density at radius 1 is 1.48 bits per heavy atom. The number of halogens is 1. The average Bonchev–Trinajstić information content (AvgIpc) is 2.91. The van der Waals surface area contributed by atoms with Crippen molar-refractivity contribution in [2.45, 2.75) is 17.1 Å². The minimum absolute atomic E-state index is 0.416. The van der Waals surface area contributed by atoms with Gasteiger partial charge in [-0.1, -0.05) is 0 Å². The summed E-state index contributed by atoms with van der Waals surface area (Å²) < 4.78 is 32.8. The third kappa shape index (κ3) is 4.49. The van der Waals surface area contributed by atoms with Crippen molar-refractivity contribution >= 4 is 37.3 Å². The van der Waals surface area contributed by atoms with Crippen LogP contribution < -0.4 is 5.32 Å². The fourth-order valence-corrected chi connectivity index (χ4v) is 6.33. The molecule has 1 saturated heterocycles. The highest BCUT2D eigenvalue weighted by Gasteiger charge is 2.31. The van der Waals surface area contributed by atoms with Gasteiger partial charge in [-0.3, -0.25) is 0 Å². The molecule has 21 heavy (non-hydrogen) atoms. The van der Waals surface area contributed by atoms with Crippen LogP contribution >= 0.6 is 27.3 Å². The van der Waals surface area contributed by atoms with Crippen molar-refractivity contribution in [2.75, 3.05) is 39.9 Å². The van der Waals surface area contributed by atoms with Gasteiger partial charge in [-0.05, 0) is 52.7 Å². The van der Waals surface area contributed by atoms with Gasteiger partial charge in [0.25, 0.3) is 10.0 Å². The molecule has 0 unspecified atom stereocenters. The van der Waals surface area contributed by atoms with E-state index in [2.05, 4.69) is 21.2 Å². The first-order valence-corrected chi connectivity index (χ1v) is 10.1. The highest BCUT2D eigenvalue weighted by atomic mass is 79.9. The maximum atomic E-state index is 12.5. The Bertz CT molecular complexity index is 539. The SMILES string of the molecule is COCCNCC1CCN(S(=O)(=O)c2sccc2Br)CC1. The summed E-state index contributed by atoms with van der Waals surface area (Å²) in [6.07, 6.45) is 1.81. The molecule has 2 rings (SSSR count). The van der Waals surface area contributed by atoms with Gasteiger partial charge in [-0.15, -0.1) is 11.3 Å². The quantitative estimate of drug-likeness (QED) is 0.717. The molecule has 0 radical (unpaired) electrons. The molecule has 0 amide bonds. The van der Waals surface area contributed by atoms with Gasteiger partial charge < -0.3 is 10.1 Å². The van der Waals surface area contributed by atoms with Crippen LogP contribution in [0.5, 0.6) is 0 Å². The van der Waals surface area contributed by atoms with Gasteiger partial charge in [0.2, 0.25) is 0 Å². The zero-order valence-corrected chi connectivity index (χ0v) is 15.3. The second-order valence-corrected chi connectivity index (χ2v) is 9.00. The third-order valence-electron chi connectivity index (χ3n) is 3.65. The fraction of sp³-hybridized carbons (Fsp3) is 0.692. The Labute approximate surface area is 138 Å². The summed E-state index contributed by atoms with van der Waals surface area (Å²) in [5, 5.41) is 5.14. The lowest BCUT2D eigenvalue weighted by Crippen LogP contribution is -2.40. The molecule has 8 heteroatoms. The van der Waals surface area contributed by atoms with Crippen LogP contribution in [0.3, 0.4) is 0 Å².